The summed E-state index contributed by atoms with van der Waals surface area (Å²) in [6, 6.07) is 5.42. The van der Waals surface area contributed by atoms with Crippen LogP contribution in [0.5, 0.6) is 0 Å². The molecule has 0 bridgehead atoms. The zero-order valence-corrected chi connectivity index (χ0v) is 12.6. The molecule has 0 saturated heterocycles. The highest BCUT2D eigenvalue weighted by molar-refractivity contribution is 7.89. The van der Waals surface area contributed by atoms with Crippen LogP contribution in [0, 0.1) is 0 Å². The molecule has 6 heteroatoms. The van der Waals surface area contributed by atoms with Gasteiger partial charge < -0.3 is 5.73 Å². The average molecular weight is 298 g/mol. The summed E-state index contributed by atoms with van der Waals surface area (Å²) in [7, 11) is -1.88. The van der Waals surface area contributed by atoms with E-state index in [0.717, 1.165) is 24.8 Å². The Morgan fingerprint density at radius 2 is 2.05 bits per heavy atom. The van der Waals surface area contributed by atoms with Gasteiger partial charge in [0.1, 0.15) is 0 Å². The molecule has 0 heterocycles. The summed E-state index contributed by atoms with van der Waals surface area (Å²) < 4.78 is 26.1. The van der Waals surface area contributed by atoms with Gasteiger partial charge in [-0.25, -0.2) is 12.7 Å². The highest BCUT2D eigenvalue weighted by Crippen LogP contribution is 2.25. The second kappa shape index (κ2) is 5.56. The van der Waals surface area contributed by atoms with Gasteiger partial charge in [-0.15, -0.1) is 0 Å². The third-order valence-corrected chi connectivity index (χ3v) is 5.51. The lowest BCUT2D eigenvalue weighted by atomic mass is 10.1. The summed E-state index contributed by atoms with van der Waals surface area (Å²) in [6.07, 6.45) is 3.52. The van der Waals surface area contributed by atoms with E-state index in [2.05, 4.69) is 0 Å². The SMILES string of the molecule is CN(CCC(N)=S)S(=O)(=O)c1ccc2c(c1)CCC2. The van der Waals surface area contributed by atoms with Gasteiger partial charge in [0.05, 0.1) is 9.88 Å². The first-order chi connectivity index (χ1) is 8.91. The van der Waals surface area contributed by atoms with Crippen LogP contribution in [0.3, 0.4) is 0 Å². The molecule has 0 atom stereocenters. The highest BCUT2D eigenvalue weighted by Gasteiger charge is 2.22. The van der Waals surface area contributed by atoms with E-state index in [1.54, 1.807) is 19.2 Å². The Balaban J connectivity index is 2.21. The van der Waals surface area contributed by atoms with Crippen molar-refractivity contribution in [1.82, 2.24) is 4.31 Å². The second-order valence-corrected chi connectivity index (χ2v) is 7.40. The Morgan fingerprint density at radius 3 is 2.74 bits per heavy atom. The molecule has 4 nitrogen and oxygen atoms in total. The minimum absolute atomic E-state index is 0.314. The molecule has 1 aliphatic rings. The van der Waals surface area contributed by atoms with E-state index >= 15 is 0 Å². The van der Waals surface area contributed by atoms with E-state index in [0.29, 0.717) is 22.8 Å². The molecule has 1 aromatic carbocycles. The van der Waals surface area contributed by atoms with Gasteiger partial charge in [-0.2, -0.15) is 0 Å². The van der Waals surface area contributed by atoms with Crippen LogP contribution in [0.4, 0.5) is 0 Å². The number of aryl methyl sites for hydroxylation is 2. The van der Waals surface area contributed by atoms with E-state index in [-0.39, 0.29) is 0 Å². The van der Waals surface area contributed by atoms with Crippen LogP contribution in [0.2, 0.25) is 0 Å². The molecule has 2 rings (SSSR count). The summed E-state index contributed by atoms with van der Waals surface area (Å²) in [5.74, 6) is 0. The number of rotatable bonds is 5. The van der Waals surface area contributed by atoms with Crippen LogP contribution < -0.4 is 5.73 Å². The van der Waals surface area contributed by atoms with Crippen LogP contribution in [-0.2, 0) is 22.9 Å². The smallest absolute Gasteiger partial charge is 0.242 e. The lowest BCUT2D eigenvalue weighted by Crippen LogP contribution is -2.30. The number of fused-ring (bicyclic) bond motifs is 1. The topological polar surface area (TPSA) is 63.4 Å². The van der Waals surface area contributed by atoms with E-state index < -0.39 is 10.0 Å². The number of hydrogen-bond donors (Lipinski definition) is 1. The third kappa shape index (κ3) is 3.13. The Labute approximate surface area is 119 Å². The van der Waals surface area contributed by atoms with Crippen LogP contribution in [0.15, 0.2) is 23.1 Å². The molecule has 1 aromatic rings. The predicted octanol–water partition coefficient (Wildman–Crippen LogP) is 1.47. The third-order valence-electron chi connectivity index (χ3n) is 3.45. The summed E-state index contributed by atoms with van der Waals surface area (Å²) in [6.45, 7) is 0.314. The molecule has 0 saturated carbocycles. The molecule has 0 aromatic heterocycles. The molecular formula is C13H18N2O2S2. The van der Waals surface area contributed by atoms with Crippen molar-refractivity contribution in [2.24, 2.45) is 5.73 Å². The Hall–Kier alpha value is -0.980. The fraction of sp³-hybridized carbons (Fsp3) is 0.462. The molecule has 0 aliphatic heterocycles. The van der Waals surface area contributed by atoms with Crippen LogP contribution >= 0.6 is 12.2 Å². The molecule has 0 fully saturated rings. The van der Waals surface area contributed by atoms with Crippen molar-refractivity contribution < 1.29 is 8.42 Å². The van der Waals surface area contributed by atoms with Gasteiger partial charge in [0.2, 0.25) is 10.0 Å². The maximum absolute atomic E-state index is 12.4. The first-order valence-electron chi connectivity index (χ1n) is 6.27. The van der Waals surface area contributed by atoms with Crippen LogP contribution in [0.1, 0.15) is 24.0 Å². The monoisotopic (exact) mass is 298 g/mol. The Bertz CT molecular complexity index is 597. The van der Waals surface area contributed by atoms with Crippen molar-refractivity contribution in [1.29, 1.82) is 0 Å². The standard InChI is InChI=1S/C13H18N2O2S2/c1-15(8-7-13(14)18)19(16,17)12-6-5-10-3-2-4-11(10)9-12/h5-6,9H,2-4,7-8H2,1H3,(H2,14,18). The van der Waals surface area contributed by atoms with Crippen molar-refractivity contribution in [3.8, 4) is 0 Å². The molecule has 104 valence electrons. The molecule has 1 aliphatic carbocycles. The molecule has 0 amide bonds. The fourth-order valence-corrected chi connectivity index (χ4v) is 3.59. The van der Waals surface area contributed by atoms with Crippen molar-refractivity contribution in [2.45, 2.75) is 30.6 Å². The van der Waals surface area contributed by atoms with Crippen molar-refractivity contribution in [2.75, 3.05) is 13.6 Å². The summed E-state index contributed by atoms with van der Waals surface area (Å²) in [5, 5.41) is 0. The molecule has 0 radical (unpaired) electrons. The van der Waals surface area contributed by atoms with Crippen LogP contribution in [0.25, 0.3) is 0 Å². The minimum atomic E-state index is -3.44. The first-order valence-corrected chi connectivity index (χ1v) is 8.12. The normalized spacial score (nSPS) is 14.6. The number of sulfonamides is 1. The molecule has 0 unspecified atom stereocenters. The molecular weight excluding hydrogens is 280 g/mol. The maximum atomic E-state index is 12.4. The van der Waals surface area contributed by atoms with Gasteiger partial charge in [0, 0.05) is 20.0 Å². The largest absolute Gasteiger partial charge is 0.393 e. The lowest BCUT2D eigenvalue weighted by molar-refractivity contribution is 0.478. The molecule has 0 spiro atoms. The van der Waals surface area contributed by atoms with Crippen molar-refractivity contribution >= 4 is 27.2 Å². The van der Waals surface area contributed by atoms with E-state index in [9.17, 15) is 8.42 Å². The highest BCUT2D eigenvalue weighted by atomic mass is 32.2. The van der Waals surface area contributed by atoms with Crippen molar-refractivity contribution in [3.05, 3.63) is 29.3 Å². The van der Waals surface area contributed by atoms with Gasteiger partial charge in [0.25, 0.3) is 0 Å². The summed E-state index contributed by atoms with van der Waals surface area (Å²) in [4.78, 5) is 0.689. The van der Waals surface area contributed by atoms with E-state index in [1.807, 2.05) is 6.07 Å². The quantitative estimate of drug-likeness (QED) is 0.836. The first kappa shape index (κ1) is 14.4. The lowest BCUT2D eigenvalue weighted by Gasteiger charge is -2.17. The summed E-state index contributed by atoms with van der Waals surface area (Å²) in [5.41, 5.74) is 7.83. The number of nitrogens with zero attached hydrogens (tertiary/aromatic N) is 1. The second-order valence-electron chi connectivity index (χ2n) is 4.83. The number of benzene rings is 1. The number of hydrogen-bond acceptors (Lipinski definition) is 3. The zero-order valence-electron chi connectivity index (χ0n) is 10.9. The molecule has 19 heavy (non-hydrogen) atoms. The van der Waals surface area contributed by atoms with E-state index in [4.69, 9.17) is 18.0 Å². The predicted molar refractivity (Wildman–Crippen MR) is 79.7 cm³/mol. The maximum Gasteiger partial charge on any atom is 0.242 e. The number of thiocarbonyl (C=S) groups is 1. The van der Waals surface area contributed by atoms with E-state index in [1.165, 1.54) is 9.87 Å². The minimum Gasteiger partial charge on any atom is -0.393 e. The fourth-order valence-electron chi connectivity index (χ4n) is 2.28. The zero-order chi connectivity index (χ0) is 14.0. The van der Waals surface area contributed by atoms with Crippen molar-refractivity contribution in [3.63, 3.8) is 0 Å². The van der Waals surface area contributed by atoms with Gasteiger partial charge >= 0.3 is 0 Å². The Morgan fingerprint density at radius 1 is 1.37 bits per heavy atom. The summed E-state index contributed by atoms with van der Waals surface area (Å²) >= 11 is 4.77. The van der Waals surface area contributed by atoms with Crippen LogP contribution in [-0.4, -0.2) is 31.3 Å². The molecule has 2 N–H and O–H groups in total. The van der Waals surface area contributed by atoms with Gasteiger partial charge in [0.15, 0.2) is 0 Å². The van der Waals surface area contributed by atoms with Gasteiger partial charge in [-0.3, -0.25) is 0 Å². The Kier molecular flexibility index (Phi) is 4.23. The van der Waals surface area contributed by atoms with Gasteiger partial charge in [-0.05, 0) is 42.5 Å². The number of nitrogens with two attached hydrogens (primary N) is 1. The van der Waals surface area contributed by atoms with Gasteiger partial charge in [-0.1, -0.05) is 18.3 Å². The average Bonchev–Trinajstić information content (AvgIpc) is 2.82.